The number of methoxy groups -OCH3 is 1. The van der Waals surface area contributed by atoms with E-state index in [4.69, 9.17) is 16.3 Å². The molecular weight excluding hydrogens is 330 g/mol. The molecule has 0 saturated carbocycles. The summed E-state index contributed by atoms with van der Waals surface area (Å²) in [5.41, 5.74) is 0. The van der Waals surface area contributed by atoms with Crippen LogP contribution in [-0.4, -0.2) is 28.7 Å². The smallest absolute Gasteiger partial charge is 0.240 e. The van der Waals surface area contributed by atoms with Crippen molar-refractivity contribution in [3.05, 3.63) is 27.7 Å². The Morgan fingerprint density at radius 3 is 2.76 bits per heavy atom. The molecule has 7 heteroatoms. The Morgan fingerprint density at radius 1 is 1.47 bits per heavy atom. The molecule has 0 heterocycles. The summed E-state index contributed by atoms with van der Waals surface area (Å²) >= 11 is 8.99. The number of rotatable bonds is 6. The lowest BCUT2D eigenvalue weighted by Gasteiger charge is -2.07. The molecular formula is C10H13BrClNO3S. The third kappa shape index (κ3) is 4.56. The number of nitrogens with one attached hydrogen (secondary N) is 1. The molecule has 0 bridgehead atoms. The van der Waals surface area contributed by atoms with Crippen LogP contribution in [0.5, 0.6) is 0 Å². The second-order valence-electron chi connectivity index (χ2n) is 3.32. The Hall–Kier alpha value is -0.140. The van der Waals surface area contributed by atoms with E-state index in [-0.39, 0.29) is 4.90 Å². The van der Waals surface area contributed by atoms with E-state index < -0.39 is 10.0 Å². The Balaban J connectivity index is 2.72. The average Bonchev–Trinajstić information content (AvgIpc) is 2.28. The molecule has 4 nitrogen and oxygen atoms in total. The summed E-state index contributed by atoms with van der Waals surface area (Å²) < 4.78 is 31.6. The molecule has 1 aromatic rings. The molecule has 1 rings (SSSR count). The van der Waals surface area contributed by atoms with E-state index in [1.165, 1.54) is 18.2 Å². The van der Waals surface area contributed by atoms with Gasteiger partial charge in [-0.25, -0.2) is 13.1 Å². The lowest BCUT2D eigenvalue weighted by atomic mass is 10.4. The SMILES string of the molecule is COCCCNS(=O)(=O)c1ccc(Cl)c(Br)c1. The third-order valence-corrected chi connectivity index (χ3v) is 4.69. The number of halogens is 2. The first-order valence-electron chi connectivity index (χ1n) is 4.91. The van der Waals surface area contributed by atoms with E-state index >= 15 is 0 Å². The second-order valence-corrected chi connectivity index (χ2v) is 6.35. The number of hydrogen-bond acceptors (Lipinski definition) is 3. The normalized spacial score (nSPS) is 11.7. The van der Waals surface area contributed by atoms with Crippen molar-refractivity contribution in [3.8, 4) is 0 Å². The minimum absolute atomic E-state index is 0.186. The molecule has 0 spiro atoms. The first-order chi connectivity index (χ1) is 7.97. The summed E-state index contributed by atoms with van der Waals surface area (Å²) in [6.45, 7) is 0.864. The highest BCUT2D eigenvalue weighted by Crippen LogP contribution is 2.25. The second kappa shape index (κ2) is 6.70. The highest BCUT2D eigenvalue weighted by Gasteiger charge is 2.14. The zero-order chi connectivity index (χ0) is 12.9. The summed E-state index contributed by atoms with van der Waals surface area (Å²) in [5, 5.41) is 0.475. The first-order valence-corrected chi connectivity index (χ1v) is 7.56. The van der Waals surface area contributed by atoms with Gasteiger partial charge in [0.15, 0.2) is 0 Å². The van der Waals surface area contributed by atoms with Crippen LogP contribution in [0.25, 0.3) is 0 Å². The van der Waals surface area contributed by atoms with Crippen LogP contribution in [0.15, 0.2) is 27.6 Å². The Bertz CT molecular complexity index is 478. The van der Waals surface area contributed by atoms with E-state index in [0.717, 1.165) is 0 Å². The fourth-order valence-corrected chi connectivity index (χ4v) is 2.90. The molecule has 0 fully saturated rings. The van der Waals surface area contributed by atoms with Gasteiger partial charge in [-0.2, -0.15) is 0 Å². The minimum Gasteiger partial charge on any atom is -0.385 e. The molecule has 0 atom stereocenters. The maximum Gasteiger partial charge on any atom is 0.240 e. The van der Waals surface area contributed by atoms with Gasteiger partial charge >= 0.3 is 0 Å². The first kappa shape index (κ1) is 14.9. The van der Waals surface area contributed by atoms with Crippen molar-refractivity contribution >= 4 is 37.6 Å². The number of hydrogen-bond donors (Lipinski definition) is 1. The van der Waals surface area contributed by atoms with Gasteiger partial charge in [0.05, 0.1) is 9.92 Å². The van der Waals surface area contributed by atoms with Crippen LogP contribution in [0.3, 0.4) is 0 Å². The van der Waals surface area contributed by atoms with Gasteiger partial charge in [-0.15, -0.1) is 0 Å². The zero-order valence-electron chi connectivity index (χ0n) is 9.24. The van der Waals surface area contributed by atoms with Crippen LogP contribution < -0.4 is 4.72 Å². The van der Waals surface area contributed by atoms with Gasteiger partial charge in [0.1, 0.15) is 0 Å². The van der Waals surface area contributed by atoms with Crippen molar-refractivity contribution < 1.29 is 13.2 Å². The van der Waals surface area contributed by atoms with E-state index in [1.807, 2.05) is 0 Å². The summed E-state index contributed by atoms with van der Waals surface area (Å²) in [6, 6.07) is 4.47. The number of ether oxygens (including phenoxy) is 1. The van der Waals surface area contributed by atoms with Gasteiger partial charge in [0.25, 0.3) is 0 Å². The summed E-state index contributed by atoms with van der Waals surface area (Å²) in [6.07, 6.45) is 0.629. The lowest BCUT2D eigenvalue weighted by molar-refractivity contribution is 0.196. The van der Waals surface area contributed by atoms with Crippen LogP contribution >= 0.6 is 27.5 Å². The Kier molecular flexibility index (Phi) is 5.88. The number of benzene rings is 1. The predicted molar refractivity (Wildman–Crippen MR) is 70.8 cm³/mol. The van der Waals surface area contributed by atoms with Crippen LogP contribution in [0, 0.1) is 0 Å². The molecule has 1 aromatic carbocycles. The van der Waals surface area contributed by atoms with Crippen molar-refractivity contribution in [1.29, 1.82) is 0 Å². The minimum atomic E-state index is -3.47. The molecule has 0 aliphatic rings. The highest BCUT2D eigenvalue weighted by molar-refractivity contribution is 9.10. The van der Waals surface area contributed by atoms with Crippen molar-refractivity contribution in [2.24, 2.45) is 0 Å². The van der Waals surface area contributed by atoms with Gasteiger partial charge in [0, 0.05) is 24.7 Å². The zero-order valence-corrected chi connectivity index (χ0v) is 12.4. The summed E-state index contributed by atoms with van der Waals surface area (Å²) in [7, 11) is -1.90. The van der Waals surface area contributed by atoms with Gasteiger partial charge in [-0.1, -0.05) is 11.6 Å². The lowest BCUT2D eigenvalue weighted by Crippen LogP contribution is -2.25. The molecule has 0 saturated heterocycles. The molecule has 0 amide bonds. The standard InChI is InChI=1S/C10H13BrClNO3S/c1-16-6-2-5-13-17(14,15)8-3-4-10(12)9(11)7-8/h3-4,7,13H,2,5-6H2,1H3. The molecule has 96 valence electrons. The molecule has 1 N–H and O–H groups in total. The summed E-state index contributed by atoms with van der Waals surface area (Å²) in [4.78, 5) is 0.186. The average molecular weight is 343 g/mol. The van der Waals surface area contributed by atoms with E-state index in [0.29, 0.717) is 29.1 Å². The van der Waals surface area contributed by atoms with Crippen LogP contribution in [-0.2, 0) is 14.8 Å². The monoisotopic (exact) mass is 341 g/mol. The topological polar surface area (TPSA) is 55.4 Å². The quantitative estimate of drug-likeness (QED) is 0.808. The maximum absolute atomic E-state index is 11.8. The maximum atomic E-state index is 11.8. The van der Waals surface area contributed by atoms with E-state index in [1.54, 1.807) is 7.11 Å². The highest BCUT2D eigenvalue weighted by atomic mass is 79.9. The van der Waals surface area contributed by atoms with Crippen molar-refractivity contribution in [1.82, 2.24) is 4.72 Å². The van der Waals surface area contributed by atoms with Gasteiger partial charge in [0.2, 0.25) is 10.0 Å². The number of sulfonamides is 1. The molecule has 0 unspecified atom stereocenters. The Morgan fingerprint density at radius 2 is 2.18 bits per heavy atom. The van der Waals surface area contributed by atoms with E-state index in [9.17, 15) is 8.42 Å². The third-order valence-electron chi connectivity index (χ3n) is 2.02. The predicted octanol–water partition coefficient (Wildman–Crippen LogP) is 2.42. The molecule has 0 aliphatic heterocycles. The fourth-order valence-electron chi connectivity index (χ4n) is 1.15. The van der Waals surface area contributed by atoms with Gasteiger partial charge in [-0.05, 0) is 40.5 Å². The van der Waals surface area contributed by atoms with Crippen LogP contribution in [0.1, 0.15) is 6.42 Å². The van der Waals surface area contributed by atoms with Crippen LogP contribution in [0.2, 0.25) is 5.02 Å². The van der Waals surface area contributed by atoms with Gasteiger partial charge < -0.3 is 4.74 Å². The van der Waals surface area contributed by atoms with Crippen molar-refractivity contribution in [3.63, 3.8) is 0 Å². The molecule has 17 heavy (non-hydrogen) atoms. The molecule has 0 aliphatic carbocycles. The molecule has 0 radical (unpaired) electrons. The molecule has 0 aromatic heterocycles. The van der Waals surface area contributed by atoms with Crippen molar-refractivity contribution in [2.75, 3.05) is 20.3 Å². The largest absolute Gasteiger partial charge is 0.385 e. The Labute approximate surface area is 114 Å². The van der Waals surface area contributed by atoms with Crippen molar-refractivity contribution in [2.45, 2.75) is 11.3 Å². The van der Waals surface area contributed by atoms with E-state index in [2.05, 4.69) is 20.7 Å². The van der Waals surface area contributed by atoms with Gasteiger partial charge in [-0.3, -0.25) is 0 Å². The fraction of sp³-hybridized carbons (Fsp3) is 0.400. The summed E-state index contributed by atoms with van der Waals surface area (Å²) in [5.74, 6) is 0. The van der Waals surface area contributed by atoms with Crippen LogP contribution in [0.4, 0.5) is 0 Å².